The molecular weight excluding hydrogens is 271 g/mol. The van der Waals surface area contributed by atoms with E-state index in [-0.39, 0.29) is 11.6 Å². The summed E-state index contributed by atoms with van der Waals surface area (Å²) in [5, 5.41) is 16.6. The number of nitrogens with two attached hydrogens (primary N) is 1. The van der Waals surface area contributed by atoms with Crippen molar-refractivity contribution in [2.24, 2.45) is 0 Å². The third-order valence-corrected chi connectivity index (χ3v) is 3.26. The molecule has 0 aliphatic heterocycles. The van der Waals surface area contributed by atoms with E-state index in [4.69, 9.17) is 10.9 Å². The summed E-state index contributed by atoms with van der Waals surface area (Å²) in [7, 11) is 0. The lowest BCUT2D eigenvalue weighted by atomic mass is 10.1. The second-order valence-corrected chi connectivity index (χ2v) is 4.70. The Bertz CT molecular complexity index is 585. The Balaban J connectivity index is 2.09. The van der Waals surface area contributed by atoms with E-state index < -0.39 is 5.97 Å². The van der Waals surface area contributed by atoms with Gasteiger partial charge in [0.1, 0.15) is 5.82 Å². The Hall–Kier alpha value is -2.09. The maximum absolute atomic E-state index is 12.8. The predicted octanol–water partition coefficient (Wildman–Crippen LogP) is 0.899. The molecule has 0 fully saturated rings. The minimum atomic E-state index is -0.951. The minimum Gasteiger partial charge on any atom is -0.481 e. The van der Waals surface area contributed by atoms with E-state index >= 15 is 0 Å². The first-order valence-corrected chi connectivity index (χ1v) is 6.33. The molecule has 0 saturated heterocycles. The topological polar surface area (TPSA) is 94.0 Å². The van der Waals surface area contributed by atoms with Crippen molar-refractivity contribution in [2.45, 2.75) is 11.6 Å². The van der Waals surface area contributed by atoms with Gasteiger partial charge in [-0.2, -0.15) is 0 Å². The van der Waals surface area contributed by atoms with Crippen molar-refractivity contribution in [3.63, 3.8) is 0 Å². The van der Waals surface area contributed by atoms with Crippen LogP contribution in [-0.4, -0.2) is 31.7 Å². The fourth-order valence-corrected chi connectivity index (χ4v) is 2.03. The number of thioether (sulfide) groups is 1. The molecule has 0 aliphatic carbocycles. The minimum absolute atomic E-state index is 0.133. The van der Waals surface area contributed by atoms with Crippen molar-refractivity contribution in [1.29, 1.82) is 0 Å². The number of carbonyl (C=O) groups is 1. The van der Waals surface area contributed by atoms with Crippen LogP contribution in [0.3, 0.4) is 0 Å². The van der Waals surface area contributed by atoms with E-state index in [0.717, 1.165) is 17.3 Å². The van der Waals surface area contributed by atoms with Crippen LogP contribution in [0.15, 0.2) is 29.4 Å². The summed E-state index contributed by atoms with van der Waals surface area (Å²) >= 11 is 0.994. The van der Waals surface area contributed by atoms with Crippen molar-refractivity contribution < 1.29 is 14.3 Å². The van der Waals surface area contributed by atoms with Crippen molar-refractivity contribution >= 4 is 17.7 Å². The van der Waals surface area contributed by atoms with Crippen molar-refractivity contribution in [2.75, 3.05) is 11.6 Å². The zero-order chi connectivity index (χ0) is 13.8. The van der Waals surface area contributed by atoms with Gasteiger partial charge >= 0.3 is 5.97 Å². The normalized spacial score (nSPS) is 10.6. The van der Waals surface area contributed by atoms with Gasteiger partial charge in [0, 0.05) is 6.42 Å². The Kier molecular flexibility index (Phi) is 4.00. The van der Waals surface area contributed by atoms with E-state index in [1.807, 2.05) is 0 Å². The van der Waals surface area contributed by atoms with E-state index in [0.29, 0.717) is 17.4 Å². The van der Waals surface area contributed by atoms with Crippen LogP contribution < -0.4 is 5.84 Å². The number of nitrogens with zero attached hydrogens (tertiary/aromatic N) is 3. The molecule has 6 nitrogen and oxygen atoms in total. The zero-order valence-electron chi connectivity index (χ0n) is 9.78. The number of rotatable bonds is 5. The summed E-state index contributed by atoms with van der Waals surface area (Å²) in [6.07, 6.45) is 0.400. The molecule has 19 heavy (non-hydrogen) atoms. The Morgan fingerprint density at radius 1 is 1.37 bits per heavy atom. The van der Waals surface area contributed by atoms with Crippen molar-refractivity contribution in [1.82, 2.24) is 14.9 Å². The zero-order valence-corrected chi connectivity index (χ0v) is 10.6. The molecule has 0 spiro atoms. The lowest BCUT2D eigenvalue weighted by Gasteiger charge is -2.03. The highest BCUT2D eigenvalue weighted by Gasteiger charge is 2.12. The fourth-order valence-electron chi connectivity index (χ4n) is 1.44. The van der Waals surface area contributed by atoms with Crippen LogP contribution in [0, 0.1) is 5.82 Å². The predicted molar refractivity (Wildman–Crippen MR) is 67.7 cm³/mol. The Morgan fingerprint density at radius 2 is 2.05 bits per heavy atom. The van der Waals surface area contributed by atoms with Gasteiger partial charge in [0.15, 0.2) is 5.82 Å². The lowest BCUT2D eigenvalue weighted by molar-refractivity contribution is -0.133. The molecule has 3 N–H and O–H groups in total. The number of aliphatic carboxylic acids is 1. The summed E-state index contributed by atoms with van der Waals surface area (Å²) in [5.74, 6) is 4.86. The summed E-state index contributed by atoms with van der Waals surface area (Å²) in [4.78, 5) is 10.5. The number of halogens is 1. The summed E-state index contributed by atoms with van der Waals surface area (Å²) in [5.41, 5.74) is 0.843. The monoisotopic (exact) mass is 282 g/mol. The quantitative estimate of drug-likeness (QED) is 0.625. The van der Waals surface area contributed by atoms with Crippen LogP contribution in [-0.2, 0) is 11.2 Å². The molecule has 100 valence electrons. The van der Waals surface area contributed by atoms with E-state index in [9.17, 15) is 9.18 Å². The molecule has 1 aromatic heterocycles. The average Bonchev–Trinajstić information content (AvgIpc) is 2.71. The first kappa shape index (κ1) is 13.3. The molecule has 1 aromatic carbocycles. The molecule has 0 unspecified atom stereocenters. The number of carboxylic acids is 1. The van der Waals surface area contributed by atoms with Crippen molar-refractivity contribution in [3.05, 3.63) is 41.5 Å². The molecule has 2 rings (SSSR count). The number of benzene rings is 1. The van der Waals surface area contributed by atoms with Gasteiger partial charge in [-0.25, -0.2) is 9.07 Å². The van der Waals surface area contributed by atoms with Crippen LogP contribution in [0.2, 0.25) is 0 Å². The molecule has 0 aliphatic rings. The number of hydrogen-bond acceptors (Lipinski definition) is 5. The average molecular weight is 282 g/mol. The third kappa shape index (κ3) is 3.44. The standard InChI is InChI=1S/C11H11FN4O2S/c12-8-3-1-7(2-4-8)5-9-14-15-11(16(9)13)19-6-10(17)18/h1-4H,5-6,13H2,(H,17,18). The molecule has 0 bridgehead atoms. The summed E-state index contributed by atoms with van der Waals surface area (Å²) in [6, 6.07) is 5.97. The highest BCUT2D eigenvalue weighted by Crippen LogP contribution is 2.16. The first-order chi connectivity index (χ1) is 9.06. The van der Waals surface area contributed by atoms with Crippen LogP contribution in [0.4, 0.5) is 4.39 Å². The third-order valence-electron chi connectivity index (χ3n) is 2.34. The van der Waals surface area contributed by atoms with Gasteiger partial charge in [-0.05, 0) is 17.7 Å². The maximum atomic E-state index is 12.8. The second-order valence-electron chi connectivity index (χ2n) is 3.75. The fraction of sp³-hybridized carbons (Fsp3) is 0.182. The summed E-state index contributed by atoms with van der Waals surface area (Å²) < 4.78 is 14.0. The smallest absolute Gasteiger partial charge is 0.313 e. The SMILES string of the molecule is Nn1c(Cc2ccc(F)cc2)nnc1SCC(=O)O. The number of aromatic nitrogens is 3. The van der Waals surface area contributed by atoms with Crippen LogP contribution in [0.1, 0.15) is 11.4 Å². The number of carboxylic acid groups (broad SMARTS) is 1. The van der Waals surface area contributed by atoms with Gasteiger partial charge in [-0.1, -0.05) is 23.9 Å². The number of nitrogen functional groups attached to an aromatic ring is 1. The molecule has 8 heteroatoms. The molecular formula is C11H11FN4O2S. The van der Waals surface area contributed by atoms with E-state index in [1.54, 1.807) is 12.1 Å². The van der Waals surface area contributed by atoms with E-state index in [2.05, 4.69) is 10.2 Å². The van der Waals surface area contributed by atoms with Gasteiger partial charge in [-0.15, -0.1) is 10.2 Å². The lowest BCUT2D eigenvalue weighted by Crippen LogP contribution is -2.15. The van der Waals surface area contributed by atoms with Gasteiger partial charge < -0.3 is 10.9 Å². The first-order valence-electron chi connectivity index (χ1n) is 5.34. The Morgan fingerprint density at radius 3 is 2.68 bits per heavy atom. The van der Waals surface area contributed by atoms with Gasteiger partial charge in [-0.3, -0.25) is 4.79 Å². The molecule has 1 heterocycles. The second kappa shape index (κ2) is 5.70. The van der Waals surface area contributed by atoms with Crippen LogP contribution >= 0.6 is 11.8 Å². The highest BCUT2D eigenvalue weighted by atomic mass is 32.2. The van der Waals surface area contributed by atoms with Crippen LogP contribution in [0.5, 0.6) is 0 Å². The van der Waals surface area contributed by atoms with Gasteiger partial charge in [0.2, 0.25) is 5.16 Å². The molecule has 0 amide bonds. The molecule has 2 aromatic rings. The number of hydrogen-bond donors (Lipinski definition) is 2. The van der Waals surface area contributed by atoms with Crippen molar-refractivity contribution in [3.8, 4) is 0 Å². The van der Waals surface area contributed by atoms with Crippen LogP contribution in [0.25, 0.3) is 0 Å². The molecule has 0 saturated carbocycles. The molecule has 0 atom stereocenters. The summed E-state index contributed by atoms with van der Waals surface area (Å²) in [6.45, 7) is 0. The molecule has 0 radical (unpaired) electrons. The largest absolute Gasteiger partial charge is 0.481 e. The Labute approximate surface area is 112 Å². The van der Waals surface area contributed by atoms with E-state index in [1.165, 1.54) is 16.8 Å². The van der Waals surface area contributed by atoms with Gasteiger partial charge in [0.25, 0.3) is 0 Å². The maximum Gasteiger partial charge on any atom is 0.313 e. The van der Waals surface area contributed by atoms with Gasteiger partial charge in [0.05, 0.1) is 5.75 Å². The highest BCUT2D eigenvalue weighted by molar-refractivity contribution is 7.99.